The van der Waals surface area contributed by atoms with Crippen LogP contribution in [0, 0.1) is 17.0 Å². The number of nitro groups is 1. The van der Waals surface area contributed by atoms with E-state index in [4.69, 9.17) is 0 Å². The molecule has 2 aromatic carbocycles. The molecule has 1 heterocycles. The summed E-state index contributed by atoms with van der Waals surface area (Å²) in [5.74, 6) is 0.218. The lowest BCUT2D eigenvalue weighted by atomic mass is 10.1. The van der Waals surface area contributed by atoms with Crippen LogP contribution in [0.5, 0.6) is 0 Å². The second-order valence-electron chi connectivity index (χ2n) is 5.82. The lowest BCUT2D eigenvalue weighted by Crippen LogP contribution is -2.11. The molecule has 0 saturated heterocycles. The lowest BCUT2D eigenvalue weighted by molar-refractivity contribution is -0.387. The highest BCUT2D eigenvalue weighted by Gasteiger charge is 2.25. The van der Waals surface area contributed by atoms with Crippen molar-refractivity contribution in [2.24, 2.45) is 0 Å². The molecule has 0 aliphatic carbocycles. The van der Waals surface area contributed by atoms with Gasteiger partial charge in [-0.05, 0) is 31.5 Å². The predicted octanol–water partition coefficient (Wildman–Crippen LogP) is 5.02. The third-order valence-electron chi connectivity index (χ3n) is 3.86. The van der Waals surface area contributed by atoms with Crippen molar-refractivity contribution in [3.8, 4) is 0 Å². The maximum Gasteiger partial charge on any atom is 0.343 e. The molecule has 3 rings (SSSR count). The summed E-state index contributed by atoms with van der Waals surface area (Å²) < 4.78 is 0. The Labute approximate surface area is 155 Å². The minimum Gasteiger partial charge on any atom is -0.358 e. The molecular weight excluding hydrogens is 348 g/mol. The van der Waals surface area contributed by atoms with E-state index in [1.165, 1.54) is 18.1 Å². The van der Waals surface area contributed by atoms with E-state index < -0.39 is 4.92 Å². The molecule has 0 radical (unpaired) electrons. The molecule has 0 amide bonds. The maximum atomic E-state index is 11.7. The molecule has 1 N–H and O–H groups in total. The zero-order chi connectivity index (χ0) is 18.5. The predicted molar refractivity (Wildman–Crippen MR) is 102 cm³/mol. The summed E-state index contributed by atoms with van der Waals surface area (Å²) in [6, 6.07) is 17.4. The highest BCUT2D eigenvalue weighted by Crippen LogP contribution is 2.37. The van der Waals surface area contributed by atoms with E-state index in [2.05, 4.69) is 15.3 Å². The topological polar surface area (TPSA) is 81.0 Å². The number of rotatable bonds is 6. The average Bonchev–Trinajstić information content (AvgIpc) is 2.64. The fourth-order valence-electron chi connectivity index (χ4n) is 2.46. The summed E-state index contributed by atoms with van der Waals surface area (Å²) in [5, 5.41) is 15.1. The van der Waals surface area contributed by atoms with Crippen molar-refractivity contribution < 1.29 is 4.92 Å². The Morgan fingerprint density at radius 3 is 2.42 bits per heavy atom. The molecule has 1 atom stereocenters. The van der Waals surface area contributed by atoms with Crippen LogP contribution in [0.1, 0.15) is 24.1 Å². The molecule has 1 unspecified atom stereocenters. The Morgan fingerprint density at radius 2 is 1.77 bits per heavy atom. The van der Waals surface area contributed by atoms with Crippen LogP contribution in [-0.2, 0) is 0 Å². The molecule has 0 aliphatic rings. The van der Waals surface area contributed by atoms with Gasteiger partial charge in [-0.3, -0.25) is 10.1 Å². The first-order valence-electron chi connectivity index (χ1n) is 8.10. The molecule has 132 valence electrons. The quantitative estimate of drug-likeness (QED) is 0.375. The van der Waals surface area contributed by atoms with Gasteiger partial charge < -0.3 is 5.32 Å². The van der Waals surface area contributed by atoms with E-state index in [9.17, 15) is 10.1 Å². The van der Waals surface area contributed by atoms with Gasteiger partial charge in [0.15, 0.2) is 5.03 Å². The third kappa shape index (κ3) is 4.18. The molecule has 3 aromatic rings. The number of nitrogens with zero attached hydrogens (tertiary/aromatic N) is 3. The van der Waals surface area contributed by atoms with E-state index in [1.807, 2.05) is 68.4 Å². The van der Waals surface area contributed by atoms with Crippen LogP contribution >= 0.6 is 11.8 Å². The average molecular weight is 366 g/mol. The Bertz CT molecular complexity index is 901. The summed E-state index contributed by atoms with van der Waals surface area (Å²) in [6.07, 6.45) is 1.35. The third-order valence-corrected chi connectivity index (χ3v) is 4.86. The number of nitrogens with one attached hydrogen (secondary N) is 1. The Kier molecular flexibility index (Phi) is 5.48. The van der Waals surface area contributed by atoms with E-state index >= 15 is 0 Å². The van der Waals surface area contributed by atoms with Gasteiger partial charge in [0, 0.05) is 4.90 Å². The summed E-state index contributed by atoms with van der Waals surface area (Å²) in [4.78, 5) is 20.4. The first-order chi connectivity index (χ1) is 12.5. The van der Waals surface area contributed by atoms with Crippen LogP contribution in [0.2, 0.25) is 0 Å². The molecule has 6 nitrogen and oxygen atoms in total. The van der Waals surface area contributed by atoms with Gasteiger partial charge in [0.25, 0.3) is 0 Å². The van der Waals surface area contributed by atoms with Gasteiger partial charge in [-0.2, -0.15) is 0 Å². The molecule has 26 heavy (non-hydrogen) atoms. The molecule has 0 aliphatic heterocycles. The zero-order valence-corrected chi connectivity index (χ0v) is 15.2. The van der Waals surface area contributed by atoms with Gasteiger partial charge >= 0.3 is 5.69 Å². The number of hydrogen-bond donors (Lipinski definition) is 1. The van der Waals surface area contributed by atoms with Crippen molar-refractivity contribution in [2.45, 2.75) is 29.8 Å². The zero-order valence-electron chi connectivity index (χ0n) is 14.4. The van der Waals surface area contributed by atoms with Crippen LogP contribution in [-0.4, -0.2) is 14.9 Å². The van der Waals surface area contributed by atoms with Crippen LogP contribution < -0.4 is 5.32 Å². The van der Waals surface area contributed by atoms with Crippen molar-refractivity contribution in [1.29, 1.82) is 0 Å². The van der Waals surface area contributed by atoms with E-state index in [1.54, 1.807) is 0 Å². The monoisotopic (exact) mass is 366 g/mol. The van der Waals surface area contributed by atoms with Gasteiger partial charge in [0.1, 0.15) is 6.33 Å². The Balaban J connectivity index is 1.91. The highest BCUT2D eigenvalue weighted by molar-refractivity contribution is 7.99. The van der Waals surface area contributed by atoms with Crippen LogP contribution in [0.15, 0.2) is 70.8 Å². The number of hydrogen-bond acceptors (Lipinski definition) is 6. The van der Waals surface area contributed by atoms with Crippen molar-refractivity contribution >= 4 is 23.3 Å². The SMILES string of the molecule is Cc1ccc(Sc2ncnc(NC(C)c3ccccc3)c2[N+](=O)[O-])cc1. The minimum absolute atomic E-state index is 0.110. The van der Waals surface area contributed by atoms with Crippen molar-refractivity contribution in [1.82, 2.24) is 9.97 Å². The van der Waals surface area contributed by atoms with Crippen molar-refractivity contribution in [3.05, 3.63) is 82.2 Å². The van der Waals surface area contributed by atoms with Gasteiger partial charge in [-0.25, -0.2) is 9.97 Å². The van der Waals surface area contributed by atoms with Gasteiger partial charge in [-0.15, -0.1) is 0 Å². The molecule has 0 fully saturated rings. The van der Waals surface area contributed by atoms with Crippen LogP contribution in [0.3, 0.4) is 0 Å². The largest absolute Gasteiger partial charge is 0.358 e. The second kappa shape index (κ2) is 7.97. The molecule has 0 bridgehead atoms. The molecule has 7 heteroatoms. The summed E-state index contributed by atoms with van der Waals surface area (Å²) in [6.45, 7) is 3.93. The van der Waals surface area contributed by atoms with Crippen molar-refractivity contribution in [2.75, 3.05) is 5.32 Å². The first-order valence-corrected chi connectivity index (χ1v) is 8.91. The lowest BCUT2D eigenvalue weighted by Gasteiger charge is -2.15. The fourth-order valence-corrected chi connectivity index (χ4v) is 3.32. The summed E-state index contributed by atoms with van der Waals surface area (Å²) >= 11 is 1.26. The number of anilines is 1. The second-order valence-corrected chi connectivity index (χ2v) is 6.89. The van der Waals surface area contributed by atoms with E-state index in [0.717, 1.165) is 16.0 Å². The molecule has 1 aromatic heterocycles. The fraction of sp³-hybridized carbons (Fsp3) is 0.158. The van der Waals surface area contributed by atoms with E-state index in [0.29, 0.717) is 5.03 Å². The van der Waals surface area contributed by atoms with Gasteiger partial charge in [0.2, 0.25) is 5.82 Å². The Morgan fingerprint density at radius 1 is 1.08 bits per heavy atom. The number of aryl methyl sites for hydroxylation is 1. The minimum atomic E-state index is -0.434. The van der Waals surface area contributed by atoms with Crippen LogP contribution in [0.4, 0.5) is 11.5 Å². The summed E-state index contributed by atoms with van der Waals surface area (Å²) in [5.41, 5.74) is 2.04. The number of aromatic nitrogens is 2. The number of benzene rings is 2. The highest BCUT2D eigenvalue weighted by atomic mass is 32.2. The summed E-state index contributed by atoms with van der Waals surface area (Å²) in [7, 11) is 0. The van der Waals surface area contributed by atoms with Gasteiger partial charge in [0.05, 0.1) is 11.0 Å². The Hall–Kier alpha value is -2.93. The standard InChI is InChI=1S/C19H18N4O2S/c1-13-8-10-16(11-9-13)26-19-17(23(24)25)18(20-12-21-19)22-14(2)15-6-4-3-5-7-15/h3-12,14H,1-2H3,(H,20,21,22). The smallest absolute Gasteiger partial charge is 0.343 e. The molecular formula is C19H18N4O2S. The maximum absolute atomic E-state index is 11.7. The molecule has 0 spiro atoms. The molecule has 0 saturated carbocycles. The first kappa shape index (κ1) is 17.9. The van der Waals surface area contributed by atoms with Crippen molar-refractivity contribution in [3.63, 3.8) is 0 Å². The van der Waals surface area contributed by atoms with Crippen LogP contribution in [0.25, 0.3) is 0 Å². The van der Waals surface area contributed by atoms with Gasteiger partial charge in [-0.1, -0.05) is 59.8 Å². The normalized spacial score (nSPS) is 11.8. The van der Waals surface area contributed by atoms with E-state index in [-0.39, 0.29) is 17.5 Å².